The highest BCUT2D eigenvalue weighted by Gasteiger charge is 2.32. The maximum Gasteiger partial charge on any atom is 0.416 e. The highest BCUT2D eigenvalue weighted by atomic mass is 19.4. The summed E-state index contributed by atoms with van der Waals surface area (Å²) in [6.45, 7) is 3.09. The molecule has 0 aromatic heterocycles. The lowest BCUT2D eigenvalue weighted by Crippen LogP contribution is -2.27. The van der Waals surface area contributed by atoms with Gasteiger partial charge in [-0.15, -0.1) is 0 Å². The first-order valence-corrected chi connectivity index (χ1v) is 5.40. The zero-order valence-electron chi connectivity index (χ0n) is 10.0. The van der Waals surface area contributed by atoms with Crippen molar-refractivity contribution in [3.8, 4) is 0 Å². The van der Waals surface area contributed by atoms with Crippen LogP contribution in [0.5, 0.6) is 0 Å². The summed E-state index contributed by atoms with van der Waals surface area (Å²) in [5.41, 5.74) is -0.749. The second-order valence-corrected chi connectivity index (χ2v) is 3.96. The average Bonchev–Trinajstić information content (AvgIpc) is 2.24. The fourth-order valence-electron chi connectivity index (χ4n) is 1.37. The van der Waals surface area contributed by atoms with Crippen LogP contribution in [0.25, 0.3) is 0 Å². The van der Waals surface area contributed by atoms with Crippen LogP contribution in [0.4, 0.5) is 18.0 Å². The number of hydrogen-bond donors (Lipinski definition) is 1. The fraction of sp³-hybridized carbons (Fsp3) is 0.417. The maximum absolute atomic E-state index is 12.6. The molecule has 3 nitrogen and oxygen atoms in total. The van der Waals surface area contributed by atoms with Gasteiger partial charge in [-0.2, -0.15) is 13.2 Å². The van der Waals surface area contributed by atoms with Crippen molar-refractivity contribution in [2.75, 3.05) is 0 Å². The van der Waals surface area contributed by atoms with E-state index in [0.717, 1.165) is 6.07 Å². The van der Waals surface area contributed by atoms with Gasteiger partial charge in [0, 0.05) is 6.54 Å². The molecule has 1 aromatic carbocycles. The Morgan fingerprint density at radius 1 is 1.33 bits per heavy atom. The van der Waals surface area contributed by atoms with Crippen LogP contribution in [0, 0.1) is 0 Å². The number of carbonyl (C=O) groups excluding carboxylic acids is 1. The standard InChI is InChI=1S/C12H14F3NO2/c1-8(2)18-11(17)16-7-9-5-3-4-6-10(9)12(13,14)15/h3-6,8H,7H2,1-2H3,(H,16,17). The smallest absolute Gasteiger partial charge is 0.416 e. The third kappa shape index (κ3) is 4.27. The van der Waals surface area contributed by atoms with Crippen LogP contribution in [0.2, 0.25) is 0 Å². The van der Waals surface area contributed by atoms with Crippen LogP contribution in [0.3, 0.4) is 0 Å². The van der Waals surface area contributed by atoms with E-state index < -0.39 is 17.8 Å². The van der Waals surface area contributed by atoms with E-state index in [4.69, 9.17) is 4.74 Å². The summed E-state index contributed by atoms with van der Waals surface area (Å²) in [5, 5.41) is 2.28. The fourth-order valence-corrected chi connectivity index (χ4v) is 1.37. The number of halogens is 3. The van der Waals surface area contributed by atoms with E-state index in [1.807, 2.05) is 0 Å². The summed E-state index contributed by atoms with van der Waals surface area (Å²) in [4.78, 5) is 11.2. The number of hydrogen-bond acceptors (Lipinski definition) is 2. The largest absolute Gasteiger partial charge is 0.447 e. The lowest BCUT2D eigenvalue weighted by atomic mass is 10.1. The van der Waals surface area contributed by atoms with Gasteiger partial charge in [-0.25, -0.2) is 4.79 Å². The van der Waals surface area contributed by atoms with E-state index in [0.29, 0.717) is 0 Å². The predicted molar refractivity (Wildman–Crippen MR) is 59.9 cm³/mol. The molecule has 0 heterocycles. The molecule has 0 bridgehead atoms. The van der Waals surface area contributed by atoms with Gasteiger partial charge in [-0.1, -0.05) is 18.2 Å². The van der Waals surface area contributed by atoms with Crippen molar-refractivity contribution in [1.82, 2.24) is 5.32 Å². The number of amides is 1. The van der Waals surface area contributed by atoms with Crippen LogP contribution < -0.4 is 5.32 Å². The third-order valence-corrected chi connectivity index (χ3v) is 2.09. The quantitative estimate of drug-likeness (QED) is 0.906. The molecular formula is C12H14F3NO2. The van der Waals surface area contributed by atoms with Crippen molar-refractivity contribution < 1.29 is 22.7 Å². The van der Waals surface area contributed by atoms with Gasteiger partial charge in [0.05, 0.1) is 11.7 Å². The van der Waals surface area contributed by atoms with Gasteiger partial charge in [0.25, 0.3) is 0 Å². The first kappa shape index (κ1) is 14.3. The SMILES string of the molecule is CC(C)OC(=O)NCc1ccccc1C(F)(F)F. The highest BCUT2D eigenvalue weighted by Crippen LogP contribution is 2.31. The molecule has 1 amide bonds. The second kappa shape index (κ2) is 5.75. The Balaban J connectivity index is 2.71. The maximum atomic E-state index is 12.6. The molecule has 0 aliphatic rings. The Hall–Kier alpha value is -1.72. The topological polar surface area (TPSA) is 38.3 Å². The number of nitrogens with one attached hydrogen (secondary N) is 1. The van der Waals surface area contributed by atoms with Crippen molar-refractivity contribution in [2.24, 2.45) is 0 Å². The third-order valence-electron chi connectivity index (χ3n) is 2.09. The van der Waals surface area contributed by atoms with Crippen molar-refractivity contribution >= 4 is 6.09 Å². The van der Waals surface area contributed by atoms with E-state index >= 15 is 0 Å². The summed E-state index contributed by atoms with van der Waals surface area (Å²) < 4.78 is 42.7. The molecule has 1 aromatic rings. The molecule has 0 aliphatic carbocycles. The van der Waals surface area contributed by atoms with Gasteiger partial charge < -0.3 is 10.1 Å². The van der Waals surface area contributed by atoms with Gasteiger partial charge in [-0.3, -0.25) is 0 Å². The Morgan fingerprint density at radius 3 is 2.50 bits per heavy atom. The van der Waals surface area contributed by atoms with Crippen LogP contribution >= 0.6 is 0 Å². The van der Waals surface area contributed by atoms with Gasteiger partial charge >= 0.3 is 12.3 Å². The van der Waals surface area contributed by atoms with Crippen LogP contribution in [-0.2, 0) is 17.5 Å². The number of carbonyl (C=O) groups is 1. The average molecular weight is 261 g/mol. The van der Waals surface area contributed by atoms with Crippen LogP contribution in [0.1, 0.15) is 25.0 Å². The van der Waals surface area contributed by atoms with E-state index in [-0.39, 0.29) is 18.2 Å². The summed E-state index contributed by atoms with van der Waals surface area (Å²) in [6, 6.07) is 5.09. The summed E-state index contributed by atoms with van der Waals surface area (Å²) in [6.07, 6.45) is -5.48. The molecule has 18 heavy (non-hydrogen) atoms. The van der Waals surface area contributed by atoms with Crippen molar-refractivity contribution in [2.45, 2.75) is 32.7 Å². The minimum absolute atomic E-state index is 0.00528. The van der Waals surface area contributed by atoms with E-state index in [9.17, 15) is 18.0 Å². The number of rotatable bonds is 3. The normalized spacial score (nSPS) is 11.4. The van der Waals surface area contributed by atoms with E-state index in [1.54, 1.807) is 13.8 Å². The van der Waals surface area contributed by atoms with Crippen molar-refractivity contribution in [3.63, 3.8) is 0 Å². The summed E-state index contributed by atoms with van der Waals surface area (Å²) in [5.74, 6) is 0. The Bertz CT molecular complexity index is 416. The molecular weight excluding hydrogens is 247 g/mol. The number of alkyl halides is 3. The van der Waals surface area contributed by atoms with Gasteiger partial charge in [0.15, 0.2) is 0 Å². The summed E-state index contributed by atoms with van der Waals surface area (Å²) in [7, 11) is 0. The van der Waals surface area contributed by atoms with Gasteiger partial charge in [0.1, 0.15) is 0 Å². The zero-order chi connectivity index (χ0) is 13.8. The Morgan fingerprint density at radius 2 is 1.94 bits per heavy atom. The predicted octanol–water partition coefficient (Wildman–Crippen LogP) is 3.34. The highest BCUT2D eigenvalue weighted by molar-refractivity contribution is 5.67. The molecule has 1 N–H and O–H groups in total. The molecule has 0 saturated heterocycles. The minimum Gasteiger partial charge on any atom is -0.447 e. The monoisotopic (exact) mass is 261 g/mol. The molecule has 0 spiro atoms. The van der Waals surface area contributed by atoms with Crippen LogP contribution in [0.15, 0.2) is 24.3 Å². The molecule has 0 radical (unpaired) electrons. The van der Waals surface area contributed by atoms with E-state index in [1.165, 1.54) is 18.2 Å². The number of ether oxygens (including phenoxy) is 1. The Kier molecular flexibility index (Phi) is 4.58. The van der Waals surface area contributed by atoms with Crippen LogP contribution in [-0.4, -0.2) is 12.2 Å². The van der Waals surface area contributed by atoms with Crippen molar-refractivity contribution in [3.05, 3.63) is 35.4 Å². The number of benzene rings is 1. The molecule has 0 aliphatic heterocycles. The first-order valence-electron chi connectivity index (χ1n) is 5.40. The molecule has 6 heteroatoms. The van der Waals surface area contributed by atoms with Gasteiger partial charge in [-0.05, 0) is 25.5 Å². The molecule has 100 valence electrons. The lowest BCUT2D eigenvalue weighted by Gasteiger charge is -2.14. The summed E-state index contributed by atoms with van der Waals surface area (Å²) >= 11 is 0. The molecule has 0 saturated carbocycles. The Labute approximate surface area is 103 Å². The van der Waals surface area contributed by atoms with E-state index in [2.05, 4.69) is 5.32 Å². The van der Waals surface area contributed by atoms with Gasteiger partial charge in [0.2, 0.25) is 0 Å². The minimum atomic E-state index is -4.43. The first-order chi connectivity index (χ1) is 8.30. The molecule has 1 rings (SSSR count). The number of alkyl carbamates (subject to hydrolysis) is 1. The molecule has 0 fully saturated rings. The zero-order valence-corrected chi connectivity index (χ0v) is 10.0. The molecule has 0 unspecified atom stereocenters. The second-order valence-electron chi connectivity index (χ2n) is 3.96. The van der Waals surface area contributed by atoms with Crippen molar-refractivity contribution in [1.29, 1.82) is 0 Å². The lowest BCUT2D eigenvalue weighted by molar-refractivity contribution is -0.138. The molecule has 0 atom stereocenters.